The molecule has 7 heteroatoms. The van der Waals surface area contributed by atoms with Gasteiger partial charge in [0.1, 0.15) is 11.3 Å². The largest absolute Gasteiger partial charge is 0.494 e. The van der Waals surface area contributed by atoms with E-state index in [4.69, 9.17) is 9.15 Å². The van der Waals surface area contributed by atoms with Crippen molar-refractivity contribution < 1.29 is 18.7 Å². The Hall–Kier alpha value is -3.84. The number of rotatable bonds is 11. The molecule has 7 nitrogen and oxygen atoms in total. The van der Waals surface area contributed by atoms with Crippen LogP contribution >= 0.6 is 0 Å². The molecule has 0 atom stereocenters. The molecule has 1 aliphatic heterocycles. The Kier molecular flexibility index (Phi) is 7.38. The Morgan fingerprint density at radius 2 is 1.74 bits per heavy atom. The molecule has 2 amide bonds. The van der Waals surface area contributed by atoms with Crippen molar-refractivity contribution in [2.45, 2.75) is 46.6 Å². The third kappa shape index (κ3) is 4.74. The van der Waals surface area contributed by atoms with Gasteiger partial charge in [0.15, 0.2) is 0 Å². The number of fused-ring (bicyclic) bond motifs is 2. The van der Waals surface area contributed by atoms with Gasteiger partial charge >= 0.3 is 0 Å². The normalized spacial score (nSPS) is 14.1. The number of carbonyl (C=O) groups is 2. The molecule has 0 fully saturated rings. The summed E-state index contributed by atoms with van der Waals surface area (Å²) in [4.78, 5) is 28.8. The van der Waals surface area contributed by atoms with Crippen LogP contribution in [0.1, 0.15) is 57.7 Å². The first-order valence-corrected chi connectivity index (χ1v) is 13.5. The van der Waals surface area contributed by atoms with Crippen LogP contribution in [0.2, 0.25) is 0 Å². The van der Waals surface area contributed by atoms with Crippen LogP contribution in [-0.4, -0.2) is 47.5 Å². The van der Waals surface area contributed by atoms with Crippen molar-refractivity contribution in [3.8, 4) is 5.75 Å². The van der Waals surface area contributed by atoms with Gasteiger partial charge in [0.05, 0.1) is 24.0 Å². The molecule has 1 aliphatic rings. The zero-order valence-corrected chi connectivity index (χ0v) is 22.5. The molecular weight excluding hydrogens is 478 g/mol. The summed E-state index contributed by atoms with van der Waals surface area (Å²) in [6.07, 6.45) is 5.61. The standard InChI is InChI=1S/C31H35N3O4/c1-5-33(6-2)15-7-8-16-37-22-12-13-26-24(18-22)25(19-34(26)20(3)4)28-27(30(35)32-31(28)36)23-11-9-10-21-14-17-38-29(21)23/h9-14,17-20H,5-8,15-16H2,1-4H3,(H,32,35,36). The maximum Gasteiger partial charge on any atom is 0.259 e. The van der Waals surface area contributed by atoms with Crippen molar-refractivity contribution in [3.05, 3.63) is 66.1 Å². The van der Waals surface area contributed by atoms with E-state index in [1.807, 2.05) is 48.7 Å². The number of furan rings is 1. The van der Waals surface area contributed by atoms with Gasteiger partial charge in [-0.05, 0) is 70.6 Å². The summed E-state index contributed by atoms with van der Waals surface area (Å²) in [5, 5.41) is 4.27. The zero-order valence-electron chi connectivity index (χ0n) is 22.5. The summed E-state index contributed by atoms with van der Waals surface area (Å²) in [7, 11) is 0. The number of para-hydroxylation sites is 1. The van der Waals surface area contributed by atoms with Crippen LogP contribution in [0.25, 0.3) is 33.0 Å². The fraction of sp³-hybridized carbons (Fsp3) is 0.355. The quantitative estimate of drug-likeness (QED) is 0.196. The number of imide groups is 1. The average molecular weight is 514 g/mol. The SMILES string of the molecule is CCN(CC)CCCCOc1ccc2c(c1)c(C1=C(c3cccc4ccoc34)C(=O)NC1=O)cn2C(C)C. The second kappa shape index (κ2) is 10.9. The van der Waals surface area contributed by atoms with Crippen LogP contribution in [0.15, 0.2) is 59.3 Å². The van der Waals surface area contributed by atoms with Gasteiger partial charge in [-0.15, -0.1) is 0 Å². The predicted molar refractivity (Wildman–Crippen MR) is 151 cm³/mol. The first-order valence-electron chi connectivity index (χ1n) is 13.5. The summed E-state index contributed by atoms with van der Waals surface area (Å²) in [5.74, 6) is -0.0674. The summed E-state index contributed by atoms with van der Waals surface area (Å²) in [6, 6.07) is 13.6. The van der Waals surface area contributed by atoms with Crippen molar-refractivity contribution in [2.24, 2.45) is 0 Å². The second-order valence-electron chi connectivity index (χ2n) is 9.98. The minimum absolute atomic E-state index is 0.163. The summed E-state index contributed by atoms with van der Waals surface area (Å²) in [5.41, 5.74) is 3.59. The third-order valence-electron chi connectivity index (χ3n) is 7.34. The number of hydrogen-bond donors (Lipinski definition) is 1. The number of hydrogen-bond acceptors (Lipinski definition) is 5. The molecule has 0 spiro atoms. The highest BCUT2D eigenvalue weighted by Gasteiger charge is 2.35. The Bertz CT molecular complexity index is 1520. The van der Waals surface area contributed by atoms with E-state index in [1.165, 1.54) is 0 Å². The molecule has 0 saturated carbocycles. The van der Waals surface area contributed by atoms with Crippen LogP contribution in [-0.2, 0) is 9.59 Å². The van der Waals surface area contributed by atoms with Gasteiger partial charge in [0.2, 0.25) is 0 Å². The molecule has 1 N–H and O–H groups in total. The number of aromatic nitrogens is 1. The maximum atomic E-state index is 13.2. The first-order chi connectivity index (χ1) is 18.4. The molecule has 0 bridgehead atoms. The minimum Gasteiger partial charge on any atom is -0.494 e. The molecule has 5 rings (SSSR count). The van der Waals surface area contributed by atoms with Crippen molar-refractivity contribution >= 4 is 44.8 Å². The van der Waals surface area contributed by atoms with Gasteiger partial charge in [-0.1, -0.05) is 32.0 Å². The molecule has 198 valence electrons. The third-order valence-corrected chi connectivity index (χ3v) is 7.34. The number of carbonyl (C=O) groups excluding carboxylic acids is 2. The summed E-state index contributed by atoms with van der Waals surface area (Å²) >= 11 is 0. The van der Waals surface area contributed by atoms with E-state index in [-0.39, 0.29) is 6.04 Å². The van der Waals surface area contributed by atoms with E-state index in [2.05, 4.69) is 42.5 Å². The van der Waals surface area contributed by atoms with Crippen LogP contribution in [0, 0.1) is 0 Å². The van der Waals surface area contributed by atoms with E-state index in [9.17, 15) is 9.59 Å². The highest BCUT2D eigenvalue weighted by molar-refractivity contribution is 6.50. The molecule has 4 aromatic rings. The van der Waals surface area contributed by atoms with Crippen LogP contribution < -0.4 is 10.1 Å². The van der Waals surface area contributed by atoms with Gasteiger partial charge in [-0.25, -0.2) is 0 Å². The number of amides is 2. The Balaban J connectivity index is 1.54. The predicted octanol–water partition coefficient (Wildman–Crippen LogP) is 6.04. The number of nitrogens with zero attached hydrogens (tertiary/aromatic N) is 2. The van der Waals surface area contributed by atoms with Crippen LogP contribution in [0.3, 0.4) is 0 Å². The number of nitrogens with one attached hydrogen (secondary N) is 1. The number of ether oxygens (including phenoxy) is 1. The maximum absolute atomic E-state index is 13.2. The van der Waals surface area contributed by atoms with E-state index >= 15 is 0 Å². The molecule has 2 aromatic carbocycles. The molecule has 0 radical (unpaired) electrons. The molecule has 0 aliphatic carbocycles. The van der Waals surface area contributed by atoms with Crippen molar-refractivity contribution in [2.75, 3.05) is 26.2 Å². The lowest BCUT2D eigenvalue weighted by atomic mass is 9.95. The average Bonchev–Trinajstić information content (AvgIpc) is 3.61. The monoisotopic (exact) mass is 513 g/mol. The van der Waals surface area contributed by atoms with E-state index < -0.39 is 11.8 Å². The molecule has 38 heavy (non-hydrogen) atoms. The molecule has 2 aromatic heterocycles. The zero-order chi connectivity index (χ0) is 26.8. The lowest BCUT2D eigenvalue weighted by molar-refractivity contribution is -0.122. The Labute approximate surface area is 223 Å². The van der Waals surface area contributed by atoms with Gasteiger partial charge < -0.3 is 18.6 Å². The number of benzene rings is 2. The van der Waals surface area contributed by atoms with Gasteiger partial charge in [-0.3, -0.25) is 14.9 Å². The van der Waals surface area contributed by atoms with E-state index in [0.29, 0.717) is 34.5 Å². The smallest absolute Gasteiger partial charge is 0.259 e. The lowest BCUT2D eigenvalue weighted by Crippen LogP contribution is -2.24. The van der Waals surface area contributed by atoms with Crippen molar-refractivity contribution in [1.29, 1.82) is 0 Å². The fourth-order valence-electron chi connectivity index (χ4n) is 5.28. The highest BCUT2D eigenvalue weighted by atomic mass is 16.5. The summed E-state index contributed by atoms with van der Waals surface area (Å²) < 4.78 is 14.0. The molecular formula is C31H35N3O4. The molecule has 0 unspecified atom stereocenters. The minimum atomic E-state index is -0.417. The van der Waals surface area contributed by atoms with E-state index in [0.717, 1.165) is 54.5 Å². The molecule has 0 saturated heterocycles. The Morgan fingerprint density at radius 1 is 0.974 bits per heavy atom. The van der Waals surface area contributed by atoms with Gasteiger partial charge in [0.25, 0.3) is 11.8 Å². The summed E-state index contributed by atoms with van der Waals surface area (Å²) in [6.45, 7) is 12.4. The van der Waals surface area contributed by atoms with Gasteiger partial charge in [0, 0.05) is 39.7 Å². The lowest BCUT2D eigenvalue weighted by Gasteiger charge is -2.17. The first kappa shape index (κ1) is 25.8. The van der Waals surface area contributed by atoms with Crippen molar-refractivity contribution in [3.63, 3.8) is 0 Å². The highest BCUT2D eigenvalue weighted by Crippen LogP contribution is 2.40. The van der Waals surface area contributed by atoms with Crippen molar-refractivity contribution in [1.82, 2.24) is 14.8 Å². The fourth-order valence-corrected chi connectivity index (χ4v) is 5.28. The van der Waals surface area contributed by atoms with Crippen LogP contribution in [0.4, 0.5) is 0 Å². The topological polar surface area (TPSA) is 76.7 Å². The van der Waals surface area contributed by atoms with Crippen LogP contribution in [0.5, 0.6) is 5.75 Å². The van der Waals surface area contributed by atoms with E-state index in [1.54, 1.807) is 6.26 Å². The number of unbranched alkanes of at least 4 members (excludes halogenated alkanes) is 1. The second-order valence-corrected chi connectivity index (χ2v) is 9.98. The van der Waals surface area contributed by atoms with Gasteiger partial charge in [-0.2, -0.15) is 0 Å². The Morgan fingerprint density at radius 3 is 2.47 bits per heavy atom. The molecule has 3 heterocycles.